The lowest BCUT2D eigenvalue weighted by atomic mass is 9.82. The van der Waals surface area contributed by atoms with Gasteiger partial charge in [-0.25, -0.2) is 0 Å². The Kier molecular flexibility index (Phi) is 3.76. The van der Waals surface area contributed by atoms with E-state index in [-0.39, 0.29) is 11.6 Å². The fraction of sp³-hybridized carbons (Fsp3) is 0.667. The van der Waals surface area contributed by atoms with Gasteiger partial charge in [0, 0.05) is 18.0 Å². The van der Waals surface area contributed by atoms with E-state index in [4.69, 9.17) is 10.5 Å². The Morgan fingerprint density at radius 1 is 1.30 bits per heavy atom. The molecule has 0 amide bonds. The van der Waals surface area contributed by atoms with Crippen molar-refractivity contribution in [3.8, 4) is 5.75 Å². The molecule has 1 aliphatic carbocycles. The Balaban J connectivity index is 1.85. The van der Waals surface area contributed by atoms with E-state index >= 15 is 0 Å². The Morgan fingerprint density at radius 3 is 2.95 bits per heavy atom. The van der Waals surface area contributed by atoms with E-state index in [1.807, 2.05) is 0 Å². The topological polar surface area (TPSA) is 35.2 Å². The maximum Gasteiger partial charge on any atom is 0.124 e. The summed E-state index contributed by atoms with van der Waals surface area (Å²) in [5, 5.41) is 0. The molecule has 3 atom stereocenters. The number of fused-ring (bicyclic) bond motifs is 1. The van der Waals surface area contributed by atoms with Crippen LogP contribution in [-0.2, 0) is 0 Å². The number of rotatable bonds is 1. The minimum absolute atomic E-state index is 0.00555. The van der Waals surface area contributed by atoms with Gasteiger partial charge in [0.15, 0.2) is 0 Å². The first-order chi connectivity index (χ1) is 9.62. The van der Waals surface area contributed by atoms with Gasteiger partial charge in [-0.2, -0.15) is 0 Å². The summed E-state index contributed by atoms with van der Waals surface area (Å²) in [6, 6.07) is 6.58. The standard InChI is InChI=1S/C18H27NO/c1-3-14-5-4-9-18(10-8-14)12-16(19)15-11-13(2)6-7-17(15)20-18/h6-7,11,14,16H,3-5,8-10,12,19H2,1-2H3/t14?,16-,18?/m1/s1. The molecule has 3 rings (SSSR count). The van der Waals surface area contributed by atoms with E-state index in [2.05, 4.69) is 32.0 Å². The summed E-state index contributed by atoms with van der Waals surface area (Å²) in [5.74, 6) is 1.91. The molecule has 2 aliphatic rings. The highest BCUT2D eigenvalue weighted by molar-refractivity contribution is 5.41. The predicted molar refractivity (Wildman–Crippen MR) is 82.9 cm³/mol. The highest BCUT2D eigenvalue weighted by Gasteiger charge is 2.40. The Hall–Kier alpha value is -1.02. The van der Waals surface area contributed by atoms with Crippen molar-refractivity contribution in [2.45, 2.75) is 70.4 Å². The largest absolute Gasteiger partial charge is 0.487 e. The van der Waals surface area contributed by atoms with Gasteiger partial charge in [-0.1, -0.05) is 37.5 Å². The first-order valence-corrected chi connectivity index (χ1v) is 8.17. The molecule has 2 heteroatoms. The molecule has 1 fully saturated rings. The van der Waals surface area contributed by atoms with E-state index in [1.54, 1.807) is 0 Å². The van der Waals surface area contributed by atoms with Crippen molar-refractivity contribution in [2.24, 2.45) is 11.7 Å². The highest BCUT2D eigenvalue weighted by Crippen LogP contribution is 2.45. The molecule has 0 radical (unpaired) electrons. The maximum absolute atomic E-state index is 6.48. The lowest BCUT2D eigenvalue weighted by Crippen LogP contribution is -2.42. The normalized spacial score (nSPS) is 33.4. The molecule has 0 bridgehead atoms. The zero-order valence-electron chi connectivity index (χ0n) is 12.8. The van der Waals surface area contributed by atoms with Crippen molar-refractivity contribution in [3.05, 3.63) is 29.3 Å². The van der Waals surface area contributed by atoms with Crippen molar-refractivity contribution in [1.82, 2.24) is 0 Å². The monoisotopic (exact) mass is 273 g/mol. The number of hydrogen-bond acceptors (Lipinski definition) is 2. The zero-order chi connectivity index (χ0) is 14.2. The molecule has 1 heterocycles. The van der Waals surface area contributed by atoms with E-state index in [9.17, 15) is 0 Å². The molecular weight excluding hydrogens is 246 g/mol. The van der Waals surface area contributed by atoms with Crippen LogP contribution >= 0.6 is 0 Å². The van der Waals surface area contributed by atoms with Gasteiger partial charge in [0.2, 0.25) is 0 Å². The van der Waals surface area contributed by atoms with Gasteiger partial charge >= 0.3 is 0 Å². The molecule has 0 aromatic heterocycles. The average molecular weight is 273 g/mol. The van der Waals surface area contributed by atoms with Crippen LogP contribution in [0, 0.1) is 12.8 Å². The van der Waals surface area contributed by atoms with E-state index in [0.29, 0.717) is 0 Å². The van der Waals surface area contributed by atoms with Crippen LogP contribution < -0.4 is 10.5 Å². The molecule has 0 saturated heterocycles. The Morgan fingerprint density at radius 2 is 2.15 bits per heavy atom. The molecule has 1 aliphatic heterocycles. The van der Waals surface area contributed by atoms with Crippen LogP contribution in [0.1, 0.15) is 69.0 Å². The van der Waals surface area contributed by atoms with Crippen molar-refractivity contribution < 1.29 is 4.74 Å². The molecule has 2 unspecified atom stereocenters. The van der Waals surface area contributed by atoms with Gasteiger partial charge in [-0.05, 0) is 44.6 Å². The number of nitrogens with two attached hydrogens (primary N) is 1. The number of ether oxygens (including phenoxy) is 1. The lowest BCUT2D eigenvalue weighted by Gasteiger charge is -2.41. The summed E-state index contributed by atoms with van der Waals surface area (Å²) in [5.41, 5.74) is 8.93. The van der Waals surface area contributed by atoms with Gasteiger partial charge in [-0.15, -0.1) is 0 Å². The molecule has 1 aromatic carbocycles. The lowest BCUT2D eigenvalue weighted by molar-refractivity contribution is 0.0203. The number of aryl methyl sites for hydroxylation is 1. The van der Waals surface area contributed by atoms with Crippen LogP contribution in [-0.4, -0.2) is 5.60 Å². The summed E-state index contributed by atoms with van der Waals surface area (Å²) >= 11 is 0. The highest BCUT2D eigenvalue weighted by atomic mass is 16.5. The maximum atomic E-state index is 6.48. The molecule has 2 N–H and O–H groups in total. The Labute approximate surface area is 122 Å². The third-order valence-electron chi connectivity index (χ3n) is 5.31. The second kappa shape index (κ2) is 5.40. The third-order valence-corrected chi connectivity index (χ3v) is 5.31. The second-order valence-electron chi connectivity index (χ2n) is 6.84. The number of benzene rings is 1. The minimum Gasteiger partial charge on any atom is -0.487 e. The van der Waals surface area contributed by atoms with Crippen LogP contribution in [0.5, 0.6) is 5.75 Å². The van der Waals surface area contributed by atoms with Crippen molar-refractivity contribution in [2.75, 3.05) is 0 Å². The van der Waals surface area contributed by atoms with Gasteiger partial charge in [-0.3, -0.25) is 0 Å². The molecule has 1 saturated carbocycles. The van der Waals surface area contributed by atoms with Crippen molar-refractivity contribution in [3.63, 3.8) is 0 Å². The third kappa shape index (κ3) is 2.58. The van der Waals surface area contributed by atoms with Gasteiger partial charge in [0.05, 0.1) is 0 Å². The van der Waals surface area contributed by atoms with E-state index < -0.39 is 0 Å². The SMILES string of the molecule is CCC1CCCC2(CC1)C[C@@H](N)c1cc(C)ccc1O2. The van der Waals surface area contributed by atoms with E-state index in [1.165, 1.54) is 49.7 Å². The summed E-state index contributed by atoms with van der Waals surface area (Å²) in [6.07, 6.45) is 8.57. The quantitative estimate of drug-likeness (QED) is 0.817. The smallest absolute Gasteiger partial charge is 0.124 e. The number of hydrogen-bond donors (Lipinski definition) is 1. The Bertz CT molecular complexity index is 484. The summed E-state index contributed by atoms with van der Waals surface area (Å²) < 4.78 is 6.48. The minimum atomic E-state index is 0.00555. The van der Waals surface area contributed by atoms with Gasteiger partial charge in [0.25, 0.3) is 0 Å². The molecule has 1 aromatic rings. The van der Waals surface area contributed by atoms with Crippen LogP contribution in [0.3, 0.4) is 0 Å². The fourth-order valence-electron chi connectivity index (χ4n) is 4.00. The predicted octanol–water partition coefficient (Wildman–Crippen LogP) is 4.51. The molecule has 2 nitrogen and oxygen atoms in total. The summed E-state index contributed by atoms with van der Waals surface area (Å²) in [6.45, 7) is 4.43. The molecule has 20 heavy (non-hydrogen) atoms. The summed E-state index contributed by atoms with van der Waals surface area (Å²) in [7, 11) is 0. The van der Waals surface area contributed by atoms with Crippen LogP contribution in [0.4, 0.5) is 0 Å². The van der Waals surface area contributed by atoms with Crippen LogP contribution in [0.25, 0.3) is 0 Å². The second-order valence-corrected chi connectivity index (χ2v) is 6.84. The first kappa shape index (κ1) is 13.9. The van der Waals surface area contributed by atoms with Gasteiger partial charge < -0.3 is 10.5 Å². The average Bonchev–Trinajstić information content (AvgIpc) is 2.62. The van der Waals surface area contributed by atoms with E-state index in [0.717, 1.165) is 18.1 Å². The van der Waals surface area contributed by atoms with Gasteiger partial charge in [0.1, 0.15) is 11.4 Å². The summed E-state index contributed by atoms with van der Waals surface area (Å²) in [4.78, 5) is 0. The fourth-order valence-corrected chi connectivity index (χ4v) is 4.00. The first-order valence-electron chi connectivity index (χ1n) is 8.17. The molecule has 1 spiro atoms. The van der Waals surface area contributed by atoms with Crippen LogP contribution in [0.2, 0.25) is 0 Å². The van der Waals surface area contributed by atoms with Crippen molar-refractivity contribution >= 4 is 0 Å². The van der Waals surface area contributed by atoms with Crippen molar-refractivity contribution in [1.29, 1.82) is 0 Å². The zero-order valence-corrected chi connectivity index (χ0v) is 12.8. The molecular formula is C18H27NO. The molecule has 110 valence electrons. The van der Waals surface area contributed by atoms with Crippen LogP contribution in [0.15, 0.2) is 18.2 Å².